The van der Waals surface area contributed by atoms with Gasteiger partial charge in [0.1, 0.15) is 5.78 Å². The summed E-state index contributed by atoms with van der Waals surface area (Å²) in [5.74, 6) is -3.38. The van der Waals surface area contributed by atoms with Crippen LogP contribution in [0.15, 0.2) is 0 Å². The molecule has 4 atom stereocenters. The Balaban J connectivity index is 2.44. The van der Waals surface area contributed by atoms with Crippen LogP contribution in [0.25, 0.3) is 0 Å². The Morgan fingerprint density at radius 2 is 1.73 bits per heavy atom. The second-order valence-corrected chi connectivity index (χ2v) is 6.01. The van der Waals surface area contributed by atoms with Crippen molar-refractivity contribution in [2.24, 2.45) is 5.92 Å². The van der Waals surface area contributed by atoms with Crippen molar-refractivity contribution in [3.8, 4) is 0 Å². The number of hydrogen-bond acceptors (Lipinski definition) is 10. The Labute approximate surface area is 150 Å². The molecule has 0 radical (unpaired) electrons. The van der Waals surface area contributed by atoms with Crippen LogP contribution < -0.4 is 0 Å². The highest BCUT2D eigenvalue weighted by Gasteiger charge is 2.70. The van der Waals surface area contributed by atoms with E-state index in [0.29, 0.717) is 0 Å². The van der Waals surface area contributed by atoms with Crippen molar-refractivity contribution < 1.29 is 43.1 Å². The zero-order chi connectivity index (χ0) is 19.5. The number of Topliss-reactive ketones (excluding diaryl/α,β-unsaturated/α-hetero) is 1. The highest BCUT2D eigenvalue weighted by atomic mass is 17.0. The van der Waals surface area contributed by atoms with Crippen molar-refractivity contribution in [1.29, 1.82) is 0 Å². The number of nitrogens with zero attached hydrogens (tertiary/aromatic N) is 1. The summed E-state index contributed by atoms with van der Waals surface area (Å²) in [5.41, 5.74) is -1.63. The molecule has 2 fully saturated rings. The fraction of sp³-hybridized carbons (Fsp3) is 0.750. The van der Waals surface area contributed by atoms with Gasteiger partial charge in [-0.25, -0.2) is 14.4 Å². The summed E-state index contributed by atoms with van der Waals surface area (Å²) in [4.78, 5) is 59.6. The highest BCUT2D eigenvalue weighted by Crippen LogP contribution is 2.49. The molecule has 0 saturated carbocycles. The molecule has 0 amide bonds. The molecule has 2 saturated heterocycles. The number of hydroxylamine groups is 2. The van der Waals surface area contributed by atoms with Gasteiger partial charge in [-0.05, 0) is 26.0 Å². The summed E-state index contributed by atoms with van der Waals surface area (Å²) >= 11 is 0. The lowest BCUT2D eigenvalue weighted by Crippen LogP contribution is -2.52. The summed E-state index contributed by atoms with van der Waals surface area (Å²) in [6.07, 6.45) is -2.69. The van der Waals surface area contributed by atoms with Crippen molar-refractivity contribution >= 4 is 23.7 Å². The molecular formula is C16H23NO9. The van der Waals surface area contributed by atoms with Gasteiger partial charge >= 0.3 is 17.9 Å². The third-order valence-electron chi connectivity index (χ3n) is 4.35. The fourth-order valence-corrected chi connectivity index (χ4v) is 3.28. The normalized spacial score (nSPS) is 30.5. The quantitative estimate of drug-likeness (QED) is 0.443. The van der Waals surface area contributed by atoms with E-state index in [2.05, 4.69) is 4.74 Å². The van der Waals surface area contributed by atoms with Crippen LogP contribution in [0, 0.1) is 5.92 Å². The maximum Gasteiger partial charge on any atom is 0.337 e. The summed E-state index contributed by atoms with van der Waals surface area (Å²) in [6.45, 7) is 4.74. The minimum atomic E-state index is -1.63. The first-order valence-corrected chi connectivity index (χ1v) is 8.36. The second kappa shape index (κ2) is 8.11. The summed E-state index contributed by atoms with van der Waals surface area (Å²) in [6, 6.07) is 0. The molecule has 0 aromatic rings. The molecule has 2 rings (SSSR count). The van der Waals surface area contributed by atoms with Gasteiger partial charge in [0, 0.05) is 18.8 Å². The zero-order valence-corrected chi connectivity index (χ0v) is 15.2. The van der Waals surface area contributed by atoms with Crippen LogP contribution in [0.5, 0.6) is 0 Å². The van der Waals surface area contributed by atoms with Gasteiger partial charge in [0.2, 0.25) is 0 Å². The van der Waals surface area contributed by atoms with Gasteiger partial charge in [-0.1, -0.05) is 0 Å². The fourth-order valence-electron chi connectivity index (χ4n) is 3.28. The van der Waals surface area contributed by atoms with E-state index >= 15 is 0 Å². The first-order chi connectivity index (χ1) is 12.3. The summed E-state index contributed by atoms with van der Waals surface area (Å²) in [7, 11) is 1.18. The predicted octanol–water partition coefficient (Wildman–Crippen LogP) is -0.0606. The number of fused-ring (bicyclic) bond motifs is 1. The lowest BCUT2D eigenvalue weighted by molar-refractivity contribution is -0.362. The van der Waals surface area contributed by atoms with E-state index in [9.17, 15) is 19.2 Å². The number of ketones is 1. The third-order valence-corrected chi connectivity index (χ3v) is 4.35. The number of hydrogen-bond donors (Lipinski definition) is 0. The second-order valence-electron chi connectivity index (χ2n) is 6.01. The van der Waals surface area contributed by atoms with E-state index in [1.165, 1.54) is 14.0 Å². The summed E-state index contributed by atoms with van der Waals surface area (Å²) < 4.78 is 14.8. The molecule has 2 aliphatic rings. The molecule has 10 nitrogen and oxygen atoms in total. The topological polar surface area (TPSA) is 118 Å². The Morgan fingerprint density at radius 3 is 2.27 bits per heavy atom. The number of esters is 3. The van der Waals surface area contributed by atoms with Crippen LogP contribution in [-0.4, -0.2) is 67.0 Å². The Kier molecular flexibility index (Phi) is 6.32. The maximum atomic E-state index is 12.8. The first-order valence-electron chi connectivity index (χ1n) is 8.36. The number of carbonyl (C=O) groups excluding carboxylic acids is 4. The smallest absolute Gasteiger partial charge is 0.337 e. The van der Waals surface area contributed by atoms with E-state index in [4.69, 9.17) is 19.1 Å². The molecule has 10 heteroatoms. The van der Waals surface area contributed by atoms with Gasteiger partial charge < -0.3 is 19.0 Å². The van der Waals surface area contributed by atoms with E-state index < -0.39 is 41.6 Å². The molecule has 0 bridgehead atoms. The molecule has 0 aromatic heterocycles. The largest absolute Gasteiger partial charge is 0.467 e. The average molecular weight is 373 g/mol. The zero-order valence-electron chi connectivity index (χ0n) is 15.2. The Morgan fingerprint density at radius 1 is 1.08 bits per heavy atom. The number of rotatable bonds is 7. The molecule has 0 N–H and O–H groups in total. The van der Waals surface area contributed by atoms with Crippen molar-refractivity contribution in [3.05, 3.63) is 0 Å². The lowest BCUT2D eigenvalue weighted by Gasteiger charge is -2.29. The van der Waals surface area contributed by atoms with E-state index in [0.717, 1.165) is 5.23 Å². The lowest BCUT2D eigenvalue weighted by atomic mass is 9.75. The van der Waals surface area contributed by atoms with Crippen LogP contribution in [0.1, 0.15) is 33.6 Å². The minimum Gasteiger partial charge on any atom is -0.467 e. The first kappa shape index (κ1) is 20.3. The monoisotopic (exact) mass is 373 g/mol. The predicted molar refractivity (Wildman–Crippen MR) is 83.0 cm³/mol. The van der Waals surface area contributed by atoms with Crippen LogP contribution in [0.2, 0.25) is 0 Å². The number of carbonyl (C=O) groups is 4. The average Bonchev–Trinajstić information content (AvgIpc) is 3.10. The number of methoxy groups -OCH3 is 1. The molecule has 0 aliphatic carbocycles. The molecular weight excluding hydrogens is 350 g/mol. The van der Waals surface area contributed by atoms with E-state index in [-0.39, 0.29) is 31.8 Å². The summed E-state index contributed by atoms with van der Waals surface area (Å²) in [5, 5.41) is 0.807. The van der Waals surface area contributed by atoms with Gasteiger partial charge in [0.05, 0.1) is 20.3 Å². The highest BCUT2D eigenvalue weighted by molar-refractivity contribution is 5.89. The van der Waals surface area contributed by atoms with Crippen LogP contribution in [0.4, 0.5) is 0 Å². The number of ether oxygens (including phenoxy) is 3. The Hall–Kier alpha value is -2.04. The van der Waals surface area contributed by atoms with Gasteiger partial charge in [-0.3, -0.25) is 9.68 Å². The molecule has 2 aliphatic heterocycles. The molecule has 26 heavy (non-hydrogen) atoms. The van der Waals surface area contributed by atoms with E-state index in [1.807, 2.05) is 0 Å². The molecule has 0 unspecified atom stereocenters. The van der Waals surface area contributed by atoms with Gasteiger partial charge in [-0.2, -0.15) is 0 Å². The SMILES string of the molecule is CCOC(=O)[C@@H]1ON2O[C@H](C(=O)OC)C[C@@]2(C(=O)OCC)[C@H]1CC(C)=O. The standard InChI is InChI=1S/C16H23NO9/c1-5-23-14(20)12-10(7-9(3)18)16(15(21)24-6-2)8-11(13(19)22-4)25-17(16)26-12/h10-12H,5-8H2,1-4H3/t10-,11-,12+,16-/m0/s1. The Bertz CT molecular complexity index is 592. The van der Waals surface area contributed by atoms with Crippen molar-refractivity contribution in [3.63, 3.8) is 0 Å². The van der Waals surface area contributed by atoms with Crippen LogP contribution in [0.3, 0.4) is 0 Å². The maximum absolute atomic E-state index is 12.8. The van der Waals surface area contributed by atoms with E-state index in [1.54, 1.807) is 13.8 Å². The van der Waals surface area contributed by atoms with Crippen molar-refractivity contribution in [2.75, 3.05) is 20.3 Å². The van der Waals surface area contributed by atoms with Crippen LogP contribution >= 0.6 is 0 Å². The van der Waals surface area contributed by atoms with Gasteiger partial charge in [0.15, 0.2) is 17.7 Å². The van der Waals surface area contributed by atoms with Crippen molar-refractivity contribution in [1.82, 2.24) is 5.23 Å². The minimum absolute atomic E-state index is 0.0637. The molecule has 146 valence electrons. The van der Waals surface area contributed by atoms with Crippen molar-refractivity contribution in [2.45, 2.75) is 51.4 Å². The molecule has 2 heterocycles. The third kappa shape index (κ3) is 3.44. The van der Waals surface area contributed by atoms with Crippen LogP contribution in [-0.2, 0) is 43.1 Å². The van der Waals surface area contributed by atoms with Gasteiger partial charge in [0.25, 0.3) is 0 Å². The molecule has 0 aromatic carbocycles. The van der Waals surface area contributed by atoms with Gasteiger partial charge in [-0.15, -0.1) is 0 Å². The molecule has 0 spiro atoms.